The number of aromatic nitrogens is 2. The normalized spacial score (nSPS) is 11.7. The van der Waals surface area contributed by atoms with Crippen LogP contribution in [0.1, 0.15) is 5.69 Å². The maximum Gasteiger partial charge on any atom is 0.937 e. The Kier molecular flexibility index (Phi) is 3.46. The summed E-state index contributed by atoms with van der Waals surface area (Å²) in [4.78, 5) is 24.0. The molecule has 0 N–H and O–H groups in total. The smallest absolute Gasteiger partial charge is 0.582 e. The Bertz CT molecular complexity index is 618. The average Bonchev–Trinajstić information content (AvgIpc) is 2.75. The summed E-state index contributed by atoms with van der Waals surface area (Å²) in [5.41, 5.74) is -0.755. The van der Waals surface area contributed by atoms with Crippen molar-refractivity contribution in [3.8, 4) is 6.07 Å². The number of hydroxylamine groups is 1. The lowest BCUT2D eigenvalue weighted by Crippen LogP contribution is -2.59. The van der Waals surface area contributed by atoms with Gasteiger partial charge in [0.15, 0.2) is 0 Å². The number of azo groups is 1. The van der Waals surface area contributed by atoms with Crippen molar-refractivity contribution >= 4 is 5.82 Å². The molecule has 1 aromatic rings. The predicted molar refractivity (Wildman–Crippen MR) is 48.4 cm³/mol. The SMILES string of the molecule is N#Cc1nonc1N=[N+]([O-])C([N+](=O)[O-])([N+](=O)[O-])[N+](=O)[O-]. The summed E-state index contributed by atoms with van der Waals surface area (Å²) in [6, 6.07) is 1.28. The zero-order valence-corrected chi connectivity index (χ0v) is 8.84. The molecule has 1 heterocycles. The van der Waals surface area contributed by atoms with Gasteiger partial charge in [0.25, 0.3) is 14.8 Å². The Morgan fingerprint density at radius 3 is 2.00 bits per heavy atom. The van der Waals surface area contributed by atoms with Crippen LogP contribution in [-0.4, -0.2) is 35.9 Å². The monoisotopic (exact) mass is 288 g/mol. The van der Waals surface area contributed by atoms with Gasteiger partial charge in [0.05, 0.1) is 5.11 Å². The van der Waals surface area contributed by atoms with Gasteiger partial charge < -0.3 is 5.21 Å². The van der Waals surface area contributed by atoms with E-state index in [4.69, 9.17) is 5.26 Å². The van der Waals surface area contributed by atoms with Crippen LogP contribution in [-0.2, 0) is 0 Å². The summed E-state index contributed by atoms with van der Waals surface area (Å²) < 4.78 is 3.94. The molecule has 0 radical (unpaired) electrons. The molecule has 0 atom stereocenters. The zero-order chi connectivity index (χ0) is 15.5. The molecular formula is C4N8O8. The fraction of sp³-hybridized carbons (Fsp3) is 0.250. The molecule has 16 nitrogen and oxygen atoms in total. The molecule has 0 unspecified atom stereocenters. The van der Waals surface area contributed by atoms with Gasteiger partial charge in [-0.2, -0.15) is 5.26 Å². The molecule has 16 heteroatoms. The molecule has 0 aliphatic carbocycles. The van der Waals surface area contributed by atoms with Crippen LogP contribution in [0.2, 0.25) is 0 Å². The first-order valence-corrected chi connectivity index (χ1v) is 4.13. The highest BCUT2D eigenvalue weighted by atomic mass is 16.8. The van der Waals surface area contributed by atoms with Crippen LogP contribution in [0.4, 0.5) is 5.82 Å². The minimum Gasteiger partial charge on any atom is -0.582 e. The minimum atomic E-state index is -4.52. The highest BCUT2D eigenvalue weighted by molar-refractivity contribution is 5.38. The van der Waals surface area contributed by atoms with Crippen LogP contribution < -0.4 is 0 Å². The van der Waals surface area contributed by atoms with Crippen LogP contribution in [0.25, 0.3) is 0 Å². The van der Waals surface area contributed by atoms with E-state index < -0.39 is 37.1 Å². The van der Waals surface area contributed by atoms with Crippen molar-refractivity contribution in [2.75, 3.05) is 0 Å². The number of nitro groups is 3. The lowest BCUT2D eigenvalue weighted by molar-refractivity contribution is -1.12. The first-order valence-electron chi connectivity index (χ1n) is 4.13. The Morgan fingerprint density at radius 2 is 1.60 bits per heavy atom. The summed E-state index contributed by atoms with van der Waals surface area (Å²) in [5, 5.41) is 59.7. The fourth-order valence-corrected chi connectivity index (χ4v) is 0.883. The lowest BCUT2D eigenvalue weighted by atomic mass is 10.5. The third-order valence-corrected chi connectivity index (χ3v) is 1.75. The van der Waals surface area contributed by atoms with Gasteiger partial charge >= 0.3 is 11.7 Å². The molecular weight excluding hydrogens is 288 g/mol. The Morgan fingerprint density at radius 1 is 1.10 bits per heavy atom. The van der Waals surface area contributed by atoms with Crippen molar-refractivity contribution in [3.05, 3.63) is 41.2 Å². The molecule has 20 heavy (non-hydrogen) atoms. The second kappa shape index (κ2) is 4.84. The van der Waals surface area contributed by atoms with Crippen molar-refractivity contribution in [2.24, 2.45) is 5.11 Å². The molecule has 0 aliphatic heterocycles. The molecule has 0 amide bonds. The van der Waals surface area contributed by atoms with Crippen molar-refractivity contribution < 1.29 is 24.3 Å². The number of hydrogen-bond acceptors (Lipinski definition) is 12. The molecule has 1 rings (SSSR count). The average molecular weight is 288 g/mol. The van der Waals surface area contributed by atoms with E-state index in [-0.39, 0.29) is 0 Å². The van der Waals surface area contributed by atoms with Crippen molar-refractivity contribution in [3.63, 3.8) is 0 Å². The molecule has 0 bridgehead atoms. The Labute approximate surface area is 105 Å². The van der Waals surface area contributed by atoms with E-state index in [0.717, 1.165) is 0 Å². The highest BCUT2D eigenvalue weighted by Crippen LogP contribution is 2.19. The van der Waals surface area contributed by atoms with Crippen molar-refractivity contribution in [1.29, 1.82) is 5.26 Å². The summed E-state index contributed by atoms with van der Waals surface area (Å²) in [6.07, 6.45) is 0. The number of hydrogen-bond donors (Lipinski definition) is 0. The van der Waals surface area contributed by atoms with Crippen LogP contribution in [0.15, 0.2) is 9.74 Å². The molecule has 0 spiro atoms. The first-order chi connectivity index (χ1) is 9.28. The van der Waals surface area contributed by atoms with Crippen LogP contribution in [0.5, 0.6) is 0 Å². The highest BCUT2D eigenvalue weighted by Gasteiger charge is 2.84. The van der Waals surface area contributed by atoms with E-state index in [1.54, 1.807) is 0 Å². The molecule has 1 aromatic heterocycles. The van der Waals surface area contributed by atoms with Gasteiger partial charge in [-0.3, -0.25) is 0 Å². The van der Waals surface area contributed by atoms with E-state index in [0.29, 0.717) is 0 Å². The van der Waals surface area contributed by atoms with Gasteiger partial charge in [0, 0.05) is 0 Å². The first kappa shape index (κ1) is 14.3. The Hall–Kier alpha value is -3.77. The predicted octanol–water partition coefficient (Wildman–Crippen LogP) is -1.02. The fourth-order valence-electron chi connectivity index (χ4n) is 0.883. The van der Waals surface area contributed by atoms with Gasteiger partial charge in [0.2, 0.25) is 5.69 Å². The summed E-state index contributed by atoms with van der Waals surface area (Å²) in [5.74, 6) is -5.51. The van der Waals surface area contributed by atoms with Crippen LogP contribution in [0.3, 0.4) is 0 Å². The number of nitriles is 1. The van der Waals surface area contributed by atoms with Gasteiger partial charge in [0.1, 0.15) is 10.9 Å². The van der Waals surface area contributed by atoms with E-state index >= 15 is 0 Å². The van der Waals surface area contributed by atoms with E-state index in [1.807, 2.05) is 0 Å². The van der Waals surface area contributed by atoms with Gasteiger partial charge in [-0.15, -0.1) is 0 Å². The maximum absolute atomic E-state index is 11.3. The molecule has 0 saturated carbocycles. The number of rotatable bonds is 5. The summed E-state index contributed by atoms with van der Waals surface area (Å²) >= 11 is 0. The molecule has 0 fully saturated rings. The second-order valence-corrected chi connectivity index (χ2v) is 2.79. The lowest BCUT2D eigenvalue weighted by Gasteiger charge is -2.03. The van der Waals surface area contributed by atoms with Crippen LogP contribution in [0, 0.1) is 46.9 Å². The van der Waals surface area contributed by atoms with E-state index in [1.165, 1.54) is 6.07 Å². The quantitative estimate of drug-likeness (QED) is 0.209. The molecule has 0 aromatic carbocycles. The minimum absolute atomic E-state index is 0.755. The summed E-state index contributed by atoms with van der Waals surface area (Å²) in [6.45, 7) is 0. The molecule has 0 saturated heterocycles. The van der Waals surface area contributed by atoms with Crippen molar-refractivity contribution in [2.45, 2.75) is 5.91 Å². The maximum atomic E-state index is 11.3. The van der Waals surface area contributed by atoms with E-state index in [2.05, 4.69) is 20.1 Å². The number of nitrogens with zero attached hydrogens (tertiary/aromatic N) is 8. The van der Waals surface area contributed by atoms with Gasteiger partial charge in [-0.05, 0) is 10.3 Å². The third kappa shape index (κ3) is 1.90. The zero-order valence-electron chi connectivity index (χ0n) is 8.84. The topological polar surface area (TPSA) is 231 Å². The van der Waals surface area contributed by atoms with E-state index in [9.17, 15) is 35.6 Å². The Balaban J connectivity index is 3.51. The van der Waals surface area contributed by atoms with Crippen molar-refractivity contribution in [1.82, 2.24) is 10.3 Å². The standard InChI is InChI=1S/C4N8O8/c5-1-2-3(8-20-7-2)6-9(13)4(10(14)15,11(16)17)12(18)19. The third-order valence-electron chi connectivity index (χ3n) is 1.75. The van der Waals surface area contributed by atoms with Crippen LogP contribution >= 0.6 is 0 Å². The largest absolute Gasteiger partial charge is 0.937 e. The second-order valence-electron chi connectivity index (χ2n) is 2.79. The molecule has 0 aliphatic rings. The van der Waals surface area contributed by atoms with Gasteiger partial charge in [-0.1, -0.05) is 0 Å². The molecule has 104 valence electrons. The van der Waals surface area contributed by atoms with Gasteiger partial charge in [-0.25, -0.2) is 35.0 Å². The summed E-state index contributed by atoms with van der Waals surface area (Å²) in [7, 11) is 0.